The predicted octanol–water partition coefficient (Wildman–Crippen LogP) is 2.57. The first kappa shape index (κ1) is 11.0. The van der Waals surface area contributed by atoms with Crippen molar-refractivity contribution in [3.63, 3.8) is 0 Å². The van der Waals surface area contributed by atoms with Crippen LogP contribution in [0.15, 0.2) is 12.1 Å². The first-order valence-electron chi connectivity index (χ1n) is 5.22. The van der Waals surface area contributed by atoms with Gasteiger partial charge in [-0.15, -0.1) is 0 Å². The van der Waals surface area contributed by atoms with Crippen LogP contribution >= 0.6 is 0 Å². The van der Waals surface area contributed by atoms with Crippen LogP contribution < -0.4 is 0 Å². The summed E-state index contributed by atoms with van der Waals surface area (Å²) in [6, 6.07) is 3.71. The summed E-state index contributed by atoms with van der Waals surface area (Å²) in [5.41, 5.74) is 2.12. The van der Waals surface area contributed by atoms with E-state index in [1.807, 2.05) is 19.1 Å². The van der Waals surface area contributed by atoms with E-state index >= 15 is 0 Å². The van der Waals surface area contributed by atoms with Crippen LogP contribution in [-0.4, -0.2) is 21.0 Å². The zero-order valence-corrected chi connectivity index (χ0v) is 9.24. The Hall–Kier alpha value is -1.52. The molecule has 0 aromatic carbocycles. The van der Waals surface area contributed by atoms with Gasteiger partial charge in [-0.2, -0.15) is 0 Å². The topological polar surface area (TPSA) is 30.7 Å². The number of aromatic nitrogens is 3. The minimum Gasteiger partial charge on any atom is -0.307 e. The SMILES string of the molecule is CCc1ccc2nc(C)n(CC(F)F)c2n1. The lowest BCUT2D eigenvalue weighted by Gasteiger charge is -2.05. The number of pyridine rings is 1. The Bertz CT molecular complexity index is 505. The average Bonchev–Trinajstić information content (AvgIpc) is 2.54. The minimum absolute atomic E-state index is 0.345. The van der Waals surface area contributed by atoms with Gasteiger partial charge in [-0.3, -0.25) is 0 Å². The van der Waals surface area contributed by atoms with Gasteiger partial charge in [0.15, 0.2) is 5.65 Å². The molecule has 0 saturated carbocycles. The van der Waals surface area contributed by atoms with E-state index in [-0.39, 0.29) is 6.54 Å². The van der Waals surface area contributed by atoms with E-state index in [1.54, 1.807) is 6.92 Å². The largest absolute Gasteiger partial charge is 0.307 e. The smallest absolute Gasteiger partial charge is 0.256 e. The molecule has 0 aliphatic rings. The lowest BCUT2D eigenvalue weighted by molar-refractivity contribution is 0.127. The first-order valence-corrected chi connectivity index (χ1v) is 5.22. The highest BCUT2D eigenvalue weighted by molar-refractivity contribution is 5.71. The maximum Gasteiger partial charge on any atom is 0.256 e. The fraction of sp³-hybridized carbons (Fsp3) is 0.455. The number of aryl methyl sites for hydroxylation is 2. The van der Waals surface area contributed by atoms with Crippen LogP contribution in [0.2, 0.25) is 0 Å². The molecule has 0 aliphatic heterocycles. The van der Waals surface area contributed by atoms with E-state index in [2.05, 4.69) is 9.97 Å². The van der Waals surface area contributed by atoms with Gasteiger partial charge in [-0.25, -0.2) is 18.7 Å². The van der Waals surface area contributed by atoms with Crippen LogP contribution in [0, 0.1) is 6.92 Å². The average molecular weight is 225 g/mol. The summed E-state index contributed by atoms with van der Waals surface area (Å²) >= 11 is 0. The number of alkyl halides is 2. The molecule has 0 radical (unpaired) electrons. The van der Waals surface area contributed by atoms with Gasteiger partial charge in [-0.1, -0.05) is 6.92 Å². The molecule has 2 aromatic heterocycles. The number of hydrogen-bond acceptors (Lipinski definition) is 2. The number of fused-ring (bicyclic) bond motifs is 1. The van der Waals surface area contributed by atoms with Crippen LogP contribution in [0.5, 0.6) is 0 Å². The quantitative estimate of drug-likeness (QED) is 0.803. The van der Waals surface area contributed by atoms with Gasteiger partial charge in [0.2, 0.25) is 0 Å². The summed E-state index contributed by atoms with van der Waals surface area (Å²) in [6.45, 7) is 3.35. The van der Waals surface area contributed by atoms with Crippen molar-refractivity contribution < 1.29 is 8.78 Å². The monoisotopic (exact) mass is 225 g/mol. The van der Waals surface area contributed by atoms with Crippen LogP contribution in [0.1, 0.15) is 18.4 Å². The van der Waals surface area contributed by atoms with E-state index in [9.17, 15) is 8.78 Å². The third kappa shape index (κ3) is 1.89. The fourth-order valence-electron chi connectivity index (χ4n) is 1.71. The molecule has 3 nitrogen and oxygen atoms in total. The van der Waals surface area contributed by atoms with E-state index < -0.39 is 6.43 Å². The highest BCUT2D eigenvalue weighted by Gasteiger charge is 2.13. The molecule has 0 N–H and O–H groups in total. The van der Waals surface area contributed by atoms with E-state index in [4.69, 9.17) is 0 Å². The second kappa shape index (κ2) is 4.15. The number of hydrogen-bond donors (Lipinski definition) is 0. The zero-order valence-electron chi connectivity index (χ0n) is 9.24. The zero-order chi connectivity index (χ0) is 11.7. The third-order valence-electron chi connectivity index (χ3n) is 2.52. The Kier molecular flexibility index (Phi) is 2.85. The molecule has 0 bridgehead atoms. The molecule has 5 heteroatoms. The molecule has 2 heterocycles. The molecule has 2 aromatic rings. The number of nitrogens with zero attached hydrogens (tertiary/aromatic N) is 3. The second-order valence-corrected chi connectivity index (χ2v) is 3.66. The van der Waals surface area contributed by atoms with Crippen LogP contribution in [0.3, 0.4) is 0 Å². The van der Waals surface area contributed by atoms with Crippen molar-refractivity contribution in [3.05, 3.63) is 23.7 Å². The first-order chi connectivity index (χ1) is 7.61. The van der Waals surface area contributed by atoms with Gasteiger partial charge in [0.05, 0.1) is 6.54 Å². The van der Waals surface area contributed by atoms with E-state index in [0.29, 0.717) is 17.0 Å². The summed E-state index contributed by atoms with van der Waals surface area (Å²) in [6.07, 6.45) is -1.60. The molecule has 2 rings (SSSR count). The van der Waals surface area contributed by atoms with Crippen molar-refractivity contribution in [3.8, 4) is 0 Å². The molecule has 16 heavy (non-hydrogen) atoms. The Morgan fingerprint density at radius 1 is 1.31 bits per heavy atom. The standard InChI is InChI=1S/C11H13F2N3/c1-3-8-4-5-9-11(15-8)16(6-10(12)13)7(2)14-9/h4-5,10H,3,6H2,1-2H3. The van der Waals surface area contributed by atoms with Crippen LogP contribution in [0.25, 0.3) is 11.2 Å². The van der Waals surface area contributed by atoms with Crippen molar-refractivity contribution in [1.29, 1.82) is 0 Å². The summed E-state index contributed by atoms with van der Waals surface area (Å²) in [7, 11) is 0. The van der Waals surface area contributed by atoms with Crippen molar-refractivity contribution in [1.82, 2.24) is 14.5 Å². The van der Waals surface area contributed by atoms with Gasteiger partial charge in [-0.05, 0) is 25.5 Å². The Labute approximate surface area is 92.1 Å². The molecule has 86 valence electrons. The van der Waals surface area contributed by atoms with E-state index in [1.165, 1.54) is 4.57 Å². The van der Waals surface area contributed by atoms with Gasteiger partial charge in [0.1, 0.15) is 11.3 Å². The lowest BCUT2D eigenvalue weighted by Crippen LogP contribution is -2.09. The lowest BCUT2D eigenvalue weighted by atomic mass is 10.3. The van der Waals surface area contributed by atoms with E-state index in [0.717, 1.165) is 12.1 Å². The van der Waals surface area contributed by atoms with Gasteiger partial charge in [0, 0.05) is 5.69 Å². The summed E-state index contributed by atoms with van der Waals surface area (Å²) in [5, 5.41) is 0. The normalized spacial score (nSPS) is 11.6. The molecule has 0 atom stereocenters. The fourth-order valence-corrected chi connectivity index (χ4v) is 1.71. The Balaban J connectivity index is 2.56. The molecule has 0 spiro atoms. The maximum atomic E-state index is 12.4. The Morgan fingerprint density at radius 2 is 2.06 bits per heavy atom. The number of rotatable bonds is 3. The minimum atomic E-state index is -2.39. The van der Waals surface area contributed by atoms with Crippen LogP contribution in [-0.2, 0) is 13.0 Å². The highest BCUT2D eigenvalue weighted by atomic mass is 19.3. The van der Waals surface area contributed by atoms with Gasteiger partial charge in [0.25, 0.3) is 6.43 Å². The molecular weight excluding hydrogens is 212 g/mol. The second-order valence-electron chi connectivity index (χ2n) is 3.66. The molecule has 0 unspecified atom stereocenters. The Morgan fingerprint density at radius 3 is 2.69 bits per heavy atom. The molecule has 0 saturated heterocycles. The van der Waals surface area contributed by atoms with Crippen molar-refractivity contribution in [2.45, 2.75) is 33.2 Å². The van der Waals surface area contributed by atoms with Gasteiger partial charge >= 0.3 is 0 Å². The van der Waals surface area contributed by atoms with Gasteiger partial charge < -0.3 is 4.57 Å². The van der Waals surface area contributed by atoms with Crippen LogP contribution in [0.4, 0.5) is 8.78 Å². The molecule has 0 fully saturated rings. The van der Waals surface area contributed by atoms with Crippen molar-refractivity contribution in [2.24, 2.45) is 0 Å². The highest BCUT2D eigenvalue weighted by Crippen LogP contribution is 2.16. The summed E-state index contributed by atoms with van der Waals surface area (Å²) in [5.74, 6) is 0.580. The maximum absolute atomic E-state index is 12.4. The predicted molar refractivity (Wildman–Crippen MR) is 57.6 cm³/mol. The van der Waals surface area contributed by atoms with Crippen molar-refractivity contribution in [2.75, 3.05) is 0 Å². The molecule has 0 amide bonds. The molecule has 0 aliphatic carbocycles. The molecular formula is C11H13F2N3. The summed E-state index contributed by atoms with van der Waals surface area (Å²) in [4.78, 5) is 8.54. The van der Waals surface area contributed by atoms with Crippen molar-refractivity contribution >= 4 is 11.2 Å². The summed E-state index contributed by atoms with van der Waals surface area (Å²) < 4.78 is 26.3. The number of imidazole rings is 1. The third-order valence-corrected chi connectivity index (χ3v) is 2.52. The number of halogens is 2.